The average molecular weight is 682 g/mol. The Morgan fingerprint density at radius 3 is 1.98 bits per heavy atom. The number of allylic oxidation sites excluding steroid dienone is 1. The van der Waals surface area contributed by atoms with Gasteiger partial charge >= 0.3 is 0 Å². The molecule has 0 amide bonds. The molecule has 7 aromatic rings. The van der Waals surface area contributed by atoms with Crippen molar-refractivity contribution in [1.82, 2.24) is 5.32 Å². The van der Waals surface area contributed by atoms with Crippen LogP contribution in [0.25, 0.3) is 28.0 Å². The summed E-state index contributed by atoms with van der Waals surface area (Å²) in [5.41, 5.74) is 15.4. The molecule has 2 heterocycles. The van der Waals surface area contributed by atoms with E-state index in [2.05, 4.69) is 175 Å². The van der Waals surface area contributed by atoms with Gasteiger partial charge in [0, 0.05) is 21.1 Å². The first kappa shape index (κ1) is 30.4. The minimum atomic E-state index is -0.541. The highest BCUT2D eigenvalue weighted by atomic mass is 32.2. The number of nitriles is 1. The van der Waals surface area contributed by atoms with Gasteiger partial charge in [0.25, 0.3) is 0 Å². The molecule has 0 aromatic heterocycles. The van der Waals surface area contributed by atoms with Gasteiger partial charge in [-0.25, -0.2) is 0 Å². The van der Waals surface area contributed by atoms with E-state index in [9.17, 15) is 5.26 Å². The van der Waals surface area contributed by atoms with E-state index in [0.29, 0.717) is 5.56 Å². The van der Waals surface area contributed by atoms with Crippen LogP contribution in [0.1, 0.15) is 50.7 Å². The summed E-state index contributed by atoms with van der Waals surface area (Å²) in [7, 11) is 0. The van der Waals surface area contributed by atoms with Gasteiger partial charge < -0.3 is 5.32 Å². The Morgan fingerprint density at radius 1 is 0.558 bits per heavy atom. The zero-order chi connectivity index (χ0) is 34.6. The molecule has 0 saturated carbocycles. The molecule has 7 aromatic carbocycles. The molecule has 3 nitrogen and oxygen atoms in total. The number of fused-ring (bicyclic) bond motifs is 9. The summed E-state index contributed by atoms with van der Waals surface area (Å²) in [5.74, 6) is 0. The lowest BCUT2D eigenvalue weighted by molar-refractivity contribution is 0.662. The summed E-state index contributed by atoms with van der Waals surface area (Å²) >= 11 is 1.85. The third kappa shape index (κ3) is 4.57. The lowest BCUT2D eigenvalue weighted by Gasteiger charge is -2.40. The maximum Gasteiger partial charge on any atom is 0.146 e. The van der Waals surface area contributed by atoms with Gasteiger partial charge in [-0.1, -0.05) is 163 Å². The zero-order valence-corrected chi connectivity index (χ0v) is 28.9. The summed E-state index contributed by atoms with van der Waals surface area (Å²) in [5, 5.41) is 13.4. The molecule has 4 heteroatoms. The summed E-state index contributed by atoms with van der Waals surface area (Å²) in [4.78, 5) is 7.93. The number of nitrogens with one attached hydrogen (secondary N) is 1. The maximum atomic E-state index is 9.52. The fourth-order valence-corrected chi connectivity index (χ4v) is 9.74. The third-order valence-corrected chi connectivity index (χ3v) is 11.9. The van der Waals surface area contributed by atoms with Gasteiger partial charge in [0.2, 0.25) is 0 Å². The van der Waals surface area contributed by atoms with Gasteiger partial charge in [0.1, 0.15) is 6.17 Å². The van der Waals surface area contributed by atoms with Gasteiger partial charge in [0.15, 0.2) is 0 Å². The number of rotatable bonds is 4. The van der Waals surface area contributed by atoms with Crippen LogP contribution in [0.4, 0.5) is 0 Å². The van der Waals surface area contributed by atoms with E-state index in [1.54, 1.807) is 0 Å². The lowest BCUT2D eigenvalue weighted by atomic mass is 9.67. The molecule has 0 bridgehead atoms. The minimum Gasteiger partial charge on any atom is -0.359 e. The second-order valence-electron chi connectivity index (χ2n) is 13.4. The second kappa shape index (κ2) is 12.1. The molecule has 0 fully saturated rings. The largest absolute Gasteiger partial charge is 0.359 e. The number of hydrogen-bond acceptors (Lipinski definition) is 4. The molecule has 244 valence electrons. The van der Waals surface area contributed by atoms with E-state index >= 15 is 0 Å². The van der Waals surface area contributed by atoms with Crippen molar-refractivity contribution in [3.05, 3.63) is 220 Å². The fourth-order valence-electron chi connectivity index (χ4n) is 8.41. The van der Waals surface area contributed by atoms with E-state index < -0.39 is 5.41 Å². The highest BCUT2D eigenvalue weighted by Crippen LogP contribution is 2.64. The lowest BCUT2D eigenvalue weighted by Crippen LogP contribution is -2.32. The topological polar surface area (TPSA) is 48.2 Å². The SMILES string of the molecule is N#Cc1ccc(-c2cccc3c2Sc2ccccc2C32c3ccccc3-c3c(C4N=C(c5ccccc5)C=C(c5ccccc5)N4)cccc32)cc1. The van der Waals surface area contributed by atoms with Gasteiger partial charge in [0.05, 0.1) is 22.8 Å². The van der Waals surface area contributed by atoms with Crippen LogP contribution in [0.3, 0.4) is 0 Å². The van der Waals surface area contributed by atoms with Crippen molar-refractivity contribution in [3.63, 3.8) is 0 Å². The van der Waals surface area contributed by atoms with E-state index in [1.807, 2.05) is 23.9 Å². The third-order valence-electron chi connectivity index (χ3n) is 10.6. The first-order valence-corrected chi connectivity index (χ1v) is 18.4. The van der Waals surface area contributed by atoms with Crippen LogP contribution in [0.2, 0.25) is 0 Å². The Hall–Kier alpha value is -6.41. The van der Waals surface area contributed by atoms with Crippen molar-refractivity contribution in [2.75, 3.05) is 0 Å². The van der Waals surface area contributed by atoms with Crippen LogP contribution in [-0.4, -0.2) is 5.71 Å². The molecular weight excluding hydrogens is 651 g/mol. The summed E-state index contributed by atoms with van der Waals surface area (Å²) < 4.78 is 0. The molecule has 0 saturated heterocycles. The van der Waals surface area contributed by atoms with Crippen LogP contribution in [0, 0.1) is 11.3 Å². The van der Waals surface area contributed by atoms with Crippen molar-refractivity contribution >= 4 is 23.2 Å². The van der Waals surface area contributed by atoms with Crippen LogP contribution in [0.5, 0.6) is 0 Å². The van der Waals surface area contributed by atoms with Gasteiger partial charge in [-0.05, 0) is 79.9 Å². The van der Waals surface area contributed by atoms with Gasteiger partial charge in [-0.15, -0.1) is 0 Å². The van der Waals surface area contributed by atoms with Crippen molar-refractivity contribution in [2.45, 2.75) is 21.4 Å². The average Bonchev–Trinajstić information content (AvgIpc) is 3.52. The van der Waals surface area contributed by atoms with Crippen LogP contribution in [0.15, 0.2) is 191 Å². The van der Waals surface area contributed by atoms with Crippen LogP contribution in [-0.2, 0) is 5.41 Å². The monoisotopic (exact) mass is 681 g/mol. The minimum absolute atomic E-state index is 0.314. The predicted molar refractivity (Wildman–Crippen MR) is 211 cm³/mol. The predicted octanol–water partition coefficient (Wildman–Crippen LogP) is 11.2. The summed E-state index contributed by atoms with van der Waals surface area (Å²) in [6.07, 6.45) is 1.86. The molecule has 1 spiro atoms. The molecule has 1 aliphatic carbocycles. The second-order valence-corrected chi connectivity index (χ2v) is 14.4. The normalized spacial score (nSPS) is 17.8. The highest BCUT2D eigenvalue weighted by Gasteiger charge is 2.51. The number of hydrogen-bond donors (Lipinski definition) is 1. The molecule has 1 N–H and O–H groups in total. The molecule has 2 atom stereocenters. The van der Waals surface area contributed by atoms with Crippen molar-refractivity contribution in [2.24, 2.45) is 4.99 Å². The maximum absolute atomic E-state index is 9.52. The Morgan fingerprint density at radius 2 is 1.19 bits per heavy atom. The van der Waals surface area contributed by atoms with E-state index in [-0.39, 0.29) is 6.17 Å². The Kier molecular flexibility index (Phi) is 7.09. The Balaban J connectivity index is 1.23. The van der Waals surface area contributed by atoms with Gasteiger partial charge in [-0.3, -0.25) is 4.99 Å². The summed E-state index contributed by atoms with van der Waals surface area (Å²) in [6.45, 7) is 0. The smallest absolute Gasteiger partial charge is 0.146 e. The van der Waals surface area contributed by atoms with E-state index in [1.165, 1.54) is 48.7 Å². The van der Waals surface area contributed by atoms with Crippen LogP contribution >= 0.6 is 11.8 Å². The molecule has 0 radical (unpaired) electrons. The first-order valence-electron chi connectivity index (χ1n) is 17.6. The molecule has 10 rings (SSSR count). The van der Waals surface area contributed by atoms with Gasteiger partial charge in [-0.2, -0.15) is 5.26 Å². The van der Waals surface area contributed by atoms with Crippen molar-refractivity contribution in [3.8, 4) is 28.3 Å². The van der Waals surface area contributed by atoms with Crippen molar-refractivity contribution < 1.29 is 0 Å². The Bertz CT molecular complexity index is 2630. The molecule has 3 aliphatic rings. The Labute approximate surface area is 307 Å². The van der Waals surface area contributed by atoms with Crippen LogP contribution < -0.4 is 5.32 Å². The van der Waals surface area contributed by atoms with Crippen molar-refractivity contribution in [1.29, 1.82) is 5.26 Å². The highest BCUT2D eigenvalue weighted by molar-refractivity contribution is 7.99. The molecule has 52 heavy (non-hydrogen) atoms. The first-order chi connectivity index (χ1) is 25.7. The zero-order valence-electron chi connectivity index (χ0n) is 28.1. The summed E-state index contributed by atoms with van der Waals surface area (Å²) in [6, 6.07) is 62.7. The molecule has 2 aliphatic heterocycles. The molecule has 2 unspecified atom stereocenters. The number of nitrogens with zero attached hydrogens (tertiary/aromatic N) is 2. The van der Waals surface area contributed by atoms with E-state index in [0.717, 1.165) is 33.7 Å². The standard InChI is InChI=1S/C48H31N3S/c49-30-31-25-27-32(28-26-31)35-18-11-23-41-46(35)52-44-24-10-9-21-39(44)48(41)38-20-8-7-17-36(38)45-37(19-12-22-40(45)48)47-50-42(33-13-3-1-4-14-33)29-43(51-47)34-15-5-2-6-16-34/h1-29,47,50H. The fraction of sp³-hybridized carbons (Fsp3) is 0.0417. The van der Waals surface area contributed by atoms with E-state index in [4.69, 9.17) is 4.99 Å². The molecular formula is C48H31N3S. The quantitative estimate of drug-likeness (QED) is 0.201. The number of benzene rings is 7. The number of aliphatic imine (C=N–C) groups is 1.